The van der Waals surface area contributed by atoms with E-state index in [-0.39, 0.29) is 12.0 Å². The molecule has 0 bridgehead atoms. The average molecular weight is 337 g/mol. The lowest BCUT2D eigenvalue weighted by molar-refractivity contribution is -0.387. The molecule has 0 amide bonds. The number of methoxy groups -OCH3 is 2. The zero-order valence-electron chi connectivity index (χ0n) is 14.0. The van der Waals surface area contributed by atoms with Gasteiger partial charge in [0.1, 0.15) is 12.1 Å². The summed E-state index contributed by atoms with van der Waals surface area (Å²) in [7, 11) is 3.04. The molecular formula is C16H20FN3O4. The predicted octanol–water partition coefficient (Wildman–Crippen LogP) is 2.77. The van der Waals surface area contributed by atoms with Gasteiger partial charge in [-0.2, -0.15) is 4.39 Å². The first-order chi connectivity index (χ1) is 11.4. The van der Waals surface area contributed by atoms with E-state index in [0.29, 0.717) is 23.8 Å². The van der Waals surface area contributed by atoms with Gasteiger partial charge in [-0.3, -0.25) is 10.1 Å². The van der Waals surface area contributed by atoms with Crippen molar-refractivity contribution in [2.24, 2.45) is 15.9 Å². The Bertz CT molecular complexity index is 688. The van der Waals surface area contributed by atoms with Crippen molar-refractivity contribution in [2.45, 2.75) is 32.4 Å². The average Bonchev–Trinajstić information content (AvgIpc) is 2.53. The summed E-state index contributed by atoms with van der Waals surface area (Å²) in [6.07, 6.45) is 0.305. The van der Waals surface area contributed by atoms with E-state index < -0.39 is 22.5 Å². The summed E-state index contributed by atoms with van der Waals surface area (Å²) in [6, 6.07) is 3.11. The van der Waals surface area contributed by atoms with Crippen molar-refractivity contribution in [1.29, 1.82) is 0 Å². The Kier molecular flexibility index (Phi) is 5.48. The van der Waals surface area contributed by atoms with E-state index in [4.69, 9.17) is 9.47 Å². The second-order valence-corrected chi connectivity index (χ2v) is 5.79. The maximum absolute atomic E-state index is 13.8. The first-order valence-electron chi connectivity index (χ1n) is 7.53. The number of rotatable bonds is 4. The molecular weight excluding hydrogens is 317 g/mol. The molecule has 24 heavy (non-hydrogen) atoms. The van der Waals surface area contributed by atoms with Crippen molar-refractivity contribution in [3.63, 3.8) is 0 Å². The van der Waals surface area contributed by atoms with Gasteiger partial charge in [0, 0.05) is 12.5 Å². The Morgan fingerprint density at radius 3 is 2.42 bits per heavy atom. The highest BCUT2D eigenvalue weighted by Crippen LogP contribution is 2.22. The Morgan fingerprint density at radius 2 is 1.92 bits per heavy atom. The highest BCUT2D eigenvalue weighted by Gasteiger charge is 2.31. The van der Waals surface area contributed by atoms with Crippen LogP contribution in [0.3, 0.4) is 0 Å². The number of nitro benzene ring substituents is 1. The minimum atomic E-state index is -0.875. The van der Waals surface area contributed by atoms with Gasteiger partial charge in [0.05, 0.1) is 19.1 Å². The lowest BCUT2D eigenvalue weighted by atomic mass is 10.0. The standard InChI is InChI=1S/C16H20FN3O4/c1-9(2)14-16(24-4)18-12(15(19-14)23-3)8-10-5-6-13(20(21)22)11(17)7-10/h5-7,9,12,14H,8H2,1-4H3/t12-,14+/m0/s1. The van der Waals surface area contributed by atoms with E-state index in [1.165, 1.54) is 20.3 Å². The third-order valence-corrected chi connectivity index (χ3v) is 3.78. The van der Waals surface area contributed by atoms with Gasteiger partial charge in [0.25, 0.3) is 0 Å². The quantitative estimate of drug-likeness (QED) is 0.624. The molecule has 0 unspecified atom stereocenters. The molecule has 0 aliphatic carbocycles. The van der Waals surface area contributed by atoms with Crippen LogP contribution in [0.2, 0.25) is 0 Å². The number of benzene rings is 1. The number of hydrogen-bond acceptors (Lipinski definition) is 6. The molecule has 2 rings (SSSR count). The molecule has 7 nitrogen and oxygen atoms in total. The van der Waals surface area contributed by atoms with Crippen molar-refractivity contribution in [3.8, 4) is 0 Å². The van der Waals surface area contributed by atoms with Gasteiger partial charge in [-0.1, -0.05) is 19.9 Å². The summed E-state index contributed by atoms with van der Waals surface area (Å²) in [6.45, 7) is 4.00. The fourth-order valence-corrected chi connectivity index (χ4v) is 2.54. The molecule has 0 spiro atoms. The zero-order valence-corrected chi connectivity index (χ0v) is 14.0. The Hall–Kier alpha value is -2.51. The Balaban J connectivity index is 2.28. The van der Waals surface area contributed by atoms with Gasteiger partial charge in [-0.25, -0.2) is 9.98 Å². The lowest BCUT2D eigenvalue weighted by Gasteiger charge is -2.27. The SMILES string of the molecule is COC1=N[C@H](C(C)C)C(OC)=N[C@H]1Cc1ccc([N+](=O)[O-])c(F)c1. The molecule has 8 heteroatoms. The first-order valence-corrected chi connectivity index (χ1v) is 7.53. The molecule has 0 radical (unpaired) electrons. The molecule has 0 saturated heterocycles. The molecule has 0 fully saturated rings. The van der Waals surface area contributed by atoms with Crippen molar-refractivity contribution in [3.05, 3.63) is 39.7 Å². The smallest absolute Gasteiger partial charge is 0.304 e. The number of aliphatic imine (C=N–C) groups is 2. The van der Waals surface area contributed by atoms with E-state index >= 15 is 0 Å². The second-order valence-electron chi connectivity index (χ2n) is 5.79. The van der Waals surface area contributed by atoms with Gasteiger partial charge in [-0.15, -0.1) is 0 Å². The monoisotopic (exact) mass is 337 g/mol. The summed E-state index contributed by atoms with van der Waals surface area (Å²) < 4.78 is 24.4. The summed E-state index contributed by atoms with van der Waals surface area (Å²) in [5.41, 5.74) is 0.0130. The van der Waals surface area contributed by atoms with Crippen molar-refractivity contribution < 1.29 is 18.8 Å². The highest BCUT2D eigenvalue weighted by molar-refractivity contribution is 5.94. The van der Waals surface area contributed by atoms with Crippen molar-refractivity contribution in [2.75, 3.05) is 14.2 Å². The van der Waals surface area contributed by atoms with Gasteiger partial charge in [0.2, 0.25) is 17.6 Å². The first kappa shape index (κ1) is 17.8. The Morgan fingerprint density at radius 1 is 1.25 bits per heavy atom. The summed E-state index contributed by atoms with van der Waals surface area (Å²) in [5.74, 6) is 0.248. The lowest BCUT2D eigenvalue weighted by Crippen LogP contribution is -2.38. The number of nitro groups is 1. The Labute approximate surface area is 139 Å². The fraction of sp³-hybridized carbons (Fsp3) is 0.500. The van der Waals surface area contributed by atoms with Crippen molar-refractivity contribution in [1.82, 2.24) is 0 Å². The molecule has 2 atom stereocenters. The minimum absolute atomic E-state index is 0.187. The zero-order chi connectivity index (χ0) is 17.9. The van der Waals surface area contributed by atoms with E-state index in [1.807, 2.05) is 13.8 Å². The molecule has 1 heterocycles. The van der Waals surface area contributed by atoms with Gasteiger partial charge in [0.15, 0.2) is 0 Å². The molecule has 1 aromatic rings. The van der Waals surface area contributed by atoms with E-state index in [9.17, 15) is 14.5 Å². The van der Waals surface area contributed by atoms with Gasteiger partial charge in [-0.05, 0) is 17.5 Å². The van der Waals surface area contributed by atoms with Crippen LogP contribution in [0.4, 0.5) is 10.1 Å². The maximum atomic E-state index is 13.8. The van der Waals surface area contributed by atoms with E-state index in [0.717, 1.165) is 12.1 Å². The predicted molar refractivity (Wildman–Crippen MR) is 88.1 cm³/mol. The fourth-order valence-electron chi connectivity index (χ4n) is 2.54. The van der Waals surface area contributed by atoms with Crippen LogP contribution in [0.1, 0.15) is 19.4 Å². The van der Waals surface area contributed by atoms with Crippen LogP contribution >= 0.6 is 0 Å². The summed E-state index contributed by atoms with van der Waals surface area (Å²) >= 11 is 0. The number of nitrogens with zero attached hydrogens (tertiary/aromatic N) is 3. The summed E-state index contributed by atoms with van der Waals surface area (Å²) in [4.78, 5) is 19.0. The number of halogens is 1. The van der Waals surface area contributed by atoms with Crippen LogP contribution in [0.5, 0.6) is 0 Å². The normalized spacial score (nSPS) is 20.4. The topological polar surface area (TPSA) is 86.3 Å². The molecule has 1 aliphatic heterocycles. The second kappa shape index (κ2) is 7.37. The molecule has 1 aliphatic rings. The van der Waals surface area contributed by atoms with Crippen LogP contribution < -0.4 is 0 Å². The third-order valence-electron chi connectivity index (χ3n) is 3.78. The van der Waals surface area contributed by atoms with Crippen LogP contribution in [0.25, 0.3) is 0 Å². The number of hydrogen-bond donors (Lipinski definition) is 0. The van der Waals surface area contributed by atoms with E-state index in [1.54, 1.807) is 0 Å². The highest BCUT2D eigenvalue weighted by atomic mass is 19.1. The van der Waals surface area contributed by atoms with Crippen LogP contribution in [0.15, 0.2) is 28.2 Å². The summed E-state index contributed by atoms with van der Waals surface area (Å²) in [5, 5.41) is 10.7. The molecule has 0 saturated carbocycles. The number of ether oxygens (including phenoxy) is 2. The van der Waals surface area contributed by atoms with Crippen LogP contribution in [-0.2, 0) is 15.9 Å². The van der Waals surface area contributed by atoms with E-state index in [2.05, 4.69) is 9.98 Å². The van der Waals surface area contributed by atoms with Crippen LogP contribution in [-0.4, -0.2) is 43.0 Å². The largest absolute Gasteiger partial charge is 0.483 e. The molecule has 1 aromatic carbocycles. The third kappa shape index (κ3) is 3.69. The maximum Gasteiger partial charge on any atom is 0.304 e. The van der Waals surface area contributed by atoms with Crippen molar-refractivity contribution >= 4 is 17.5 Å². The van der Waals surface area contributed by atoms with Crippen LogP contribution in [0, 0.1) is 21.8 Å². The molecule has 130 valence electrons. The minimum Gasteiger partial charge on any atom is -0.483 e. The molecule has 0 N–H and O–H groups in total. The van der Waals surface area contributed by atoms with Gasteiger partial charge >= 0.3 is 5.69 Å². The molecule has 0 aromatic heterocycles. The van der Waals surface area contributed by atoms with Gasteiger partial charge < -0.3 is 9.47 Å².